The Balaban J connectivity index is 0.000000461. The molecule has 0 atom stereocenters. The summed E-state index contributed by atoms with van der Waals surface area (Å²) in [5, 5.41) is 15.5. The quantitative estimate of drug-likeness (QED) is 0.606. The van der Waals surface area contributed by atoms with Gasteiger partial charge in [-0.3, -0.25) is 0 Å². The summed E-state index contributed by atoms with van der Waals surface area (Å²) in [7, 11) is 0. The molecule has 0 amide bonds. The van der Waals surface area contributed by atoms with E-state index in [-0.39, 0.29) is 6.54 Å². The molecule has 0 fully saturated rings. The fourth-order valence-corrected chi connectivity index (χ4v) is 0.545. The van der Waals surface area contributed by atoms with E-state index in [1.165, 1.54) is 4.68 Å². The van der Waals surface area contributed by atoms with Crippen molar-refractivity contribution in [2.24, 2.45) is 0 Å². The Morgan fingerprint density at radius 2 is 2.27 bits per heavy atom. The van der Waals surface area contributed by atoms with Crippen molar-refractivity contribution >= 4 is 0 Å². The number of nitriles is 1. The smallest absolute Gasteiger partial charge is 0.129 e. The number of rotatable bonds is 1. The molecule has 11 heavy (non-hydrogen) atoms. The second kappa shape index (κ2) is 5.42. The van der Waals surface area contributed by atoms with E-state index in [2.05, 4.69) is 10.3 Å². The van der Waals surface area contributed by atoms with E-state index >= 15 is 0 Å². The van der Waals surface area contributed by atoms with Gasteiger partial charge in [0.2, 0.25) is 0 Å². The van der Waals surface area contributed by atoms with E-state index in [0.717, 1.165) is 5.69 Å². The first kappa shape index (κ1) is 9.63. The van der Waals surface area contributed by atoms with E-state index < -0.39 is 0 Å². The highest BCUT2D eigenvalue weighted by molar-refractivity contribution is 4.88. The van der Waals surface area contributed by atoms with Gasteiger partial charge >= 0.3 is 0 Å². The molecule has 0 aliphatic carbocycles. The molecule has 0 unspecified atom stereocenters. The van der Waals surface area contributed by atoms with Crippen molar-refractivity contribution in [3.8, 4) is 6.07 Å². The molecule has 0 aliphatic rings. The summed E-state index contributed by atoms with van der Waals surface area (Å²) in [6.45, 7) is 6.11. The van der Waals surface area contributed by atoms with Crippen molar-refractivity contribution in [1.29, 1.82) is 5.26 Å². The van der Waals surface area contributed by atoms with Gasteiger partial charge in [-0.1, -0.05) is 19.1 Å². The summed E-state index contributed by atoms with van der Waals surface area (Å²) in [5.41, 5.74) is 0.838. The molecule has 60 valence electrons. The Kier molecular flexibility index (Phi) is 4.74. The van der Waals surface area contributed by atoms with Gasteiger partial charge < -0.3 is 0 Å². The van der Waals surface area contributed by atoms with Crippen molar-refractivity contribution in [3.63, 3.8) is 0 Å². The number of nitrogens with zero attached hydrogens (tertiary/aromatic N) is 4. The SMILES string of the molecule is CC.Cc1cn(CC#N)nn1. The molecule has 0 aromatic carbocycles. The minimum atomic E-state index is 0.279. The molecule has 0 radical (unpaired) electrons. The van der Waals surface area contributed by atoms with Crippen LogP contribution in [0.4, 0.5) is 0 Å². The Bertz CT molecular complexity index is 233. The van der Waals surface area contributed by atoms with E-state index in [4.69, 9.17) is 5.26 Å². The molecule has 0 saturated carbocycles. The van der Waals surface area contributed by atoms with Crippen LogP contribution in [0.2, 0.25) is 0 Å². The Hall–Kier alpha value is -1.37. The molecule has 1 heterocycles. The van der Waals surface area contributed by atoms with Crippen LogP contribution in [-0.4, -0.2) is 15.0 Å². The summed E-state index contributed by atoms with van der Waals surface area (Å²) < 4.78 is 1.50. The summed E-state index contributed by atoms with van der Waals surface area (Å²) >= 11 is 0. The van der Waals surface area contributed by atoms with E-state index in [1.54, 1.807) is 6.20 Å². The number of aromatic nitrogens is 3. The highest BCUT2D eigenvalue weighted by atomic mass is 15.4. The third-order valence-corrected chi connectivity index (χ3v) is 0.886. The highest BCUT2D eigenvalue weighted by Crippen LogP contribution is 1.86. The standard InChI is InChI=1S/C5H6N4.C2H6/c1-5-4-9(3-2-6)8-7-5;1-2/h4H,3H2,1H3;1-2H3. The average Bonchev–Trinajstić information content (AvgIpc) is 2.41. The van der Waals surface area contributed by atoms with E-state index in [0.29, 0.717) is 0 Å². The lowest BCUT2D eigenvalue weighted by atomic mass is 10.6. The van der Waals surface area contributed by atoms with Crippen LogP contribution in [0.3, 0.4) is 0 Å². The largest absolute Gasteiger partial charge is 0.238 e. The molecule has 1 rings (SSSR count). The van der Waals surface area contributed by atoms with Crippen molar-refractivity contribution < 1.29 is 0 Å². The van der Waals surface area contributed by atoms with E-state index in [9.17, 15) is 0 Å². The zero-order chi connectivity index (χ0) is 8.69. The van der Waals surface area contributed by atoms with Crippen molar-refractivity contribution in [1.82, 2.24) is 15.0 Å². The molecule has 4 nitrogen and oxygen atoms in total. The second-order valence-electron chi connectivity index (χ2n) is 1.72. The molecular weight excluding hydrogens is 140 g/mol. The monoisotopic (exact) mass is 152 g/mol. The Morgan fingerprint density at radius 1 is 1.64 bits per heavy atom. The predicted molar refractivity (Wildman–Crippen MR) is 41.7 cm³/mol. The molecular formula is C7H12N4. The zero-order valence-electron chi connectivity index (χ0n) is 7.07. The molecule has 4 heteroatoms. The van der Waals surface area contributed by atoms with Crippen LogP contribution < -0.4 is 0 Å². The van der Waals surface area contributed by atoms with Crippen molar-refractivity contribution in [2.45, 2.75) is 27.3 Å². The Labute approximate surface area is 66.4 Å². The van der Waals surface area contributed by atoms with Crippen LogP contribution in [0.5, 0.6) is 0 Å². The first-order valence-electron chi connectivity index (χ1n) is 3.56. The maximum absolute atomic E-state index is 8.19. The van der Waals surface area contributed by atoms with Crippen LogP contribution in [0.15, 0.2) is 6.20 Å². The molecule has 0 N–H and O–H groups in total. The van der Waals surface area contributed by atoms with Crippen LogP contribution in [0.1, 0.15) is 19.5 Å². The van der Waals surface area contributed by atoms with Gasteiger partial charge in [-0.15, -0.1) is 5.10 Å². The van der Waals surface area contributed by atoms with Crippen LogP contribution >= 0.6 is 0 Å². The molecule has 1 aromatic heterocycles. The normalized spacial score (nSPS) is 7.82. The summed E-state index contributed by atoms with van der Waals surface area (Å²) in [6.07, 6.45) is 1.73. The van der Waals surface area contributed by atoms with Gasteiger partial charge in [0, 0.05) is 6.20 Å². The maximum Gasteiger partial charge on any atom is 0.129 e. The Morgan fingerprint density at radius 3 is 2.64 bits per heavy atom. The predicted octanol–water partition coefficient (Wildman–Crippen LogP) is 1.14. The van der Waals surface area contributed by atoms with Gasteiger partial charge in [-0.2, -0.15) is 5.26 Å². The lowest BCUT2D eigenvalue weighted by Crippen LogP contribution is -1.94. The maximum atomic E-state index is 8.19. The van der Waals surface area contributed by atoms with Gasteiger partial charge in [-0.25, -0.2) is 4.68 Å². The zero-order valence-corrected chi connectivity index (χ0v) is 7.07. The first-order valence-corrected chi connectivity index (χ1v) is 3.56. The first-order chi connectivity index (χ1) is 5.33. The van der Waals surface area contributed by atoms with Gasteiger partial charge in [0.1, 0.15) is 6.54 Å². The lowest BCUT2D eigenvalue weighted by molar-refractivity contribution is 0.668. The third kappa shape index (κ3) is 3.36. The number of hydrogen-bond donors (Lipinski definition) is 0. The molecule has 0 aliphatic heterocycles. The highest BCUT2D eigenvalue weighted by Gasteiger charge is 1.90. The summed E-state index contributed by atoms with van der Waals surface area (Å²) in [4.78, 5) is 0. The van der Waals surface area contributed by atoms with Crippen LogP contribution in [-0.2, 0) is 6.54 Å². The van der Waals surface area contributed by atoms with Gasteiger partial charge in [-0.05, 0) is 6.92 Å². The van der Waals surface area contributed by atoms with Crippen LogP contribution in [0.25, 0.3) is 0 Å². The average molecular weight is 152 g/mol. The fourth-order valence-electron chi connectivity index (χ4n) is 0.545. The summed E-state index contributed by atoms with van der Waals surface area (Å²) in [6, 6.07) is 1.96. The topological polar surface area (TPSA) is 54.5 Å². The number of aryl methyl sites for hydroxylation is 1. The van der Waals surface area contributed by atoms with Gasteiger partial charge in [0.25, 0.3) is 0 Å². The second-order valence-corrected chi connectivity index (χ2v) is 1.72. The number of hydrogen-bond acceptors (Lipinski definition) is 3. The minimum absolute atomic E-state index is 0.279. The van der Waals surface area contributed by atoms with E-state index in [1.807, 2.05) is 26.8 Å². The molecule has 0 saturated heterocycles. The lowest BCUT2D eigenvalue weighted by Gasteiger charge is -1.83. The molecule has 0 spiro atoms. The van der Waals surface area contributed by atoms with Crippen LogP contribution in [0, 0.1) is 18.3 Å². The molecule has 1 aromatic rings. The fraction of sp³-hybridized carbons (Fsp3) is 0.571. The minimum Gasteiger partial charge on any atom is -0.238 e. The molecule has 0 bridgehead atoms. The van der Waals surface area contributed by atoms with Gasteiger partial charge in [0.15, 0.2) is 0 Å². The summed E-state index contributed by atoms with van der Waals surface area (Å²) in [5.74, 6) is 0. The van der Waals surface area contributed by atoms with Gasteiger partial charge in [0.05, 0.1) is 11.8 Å². The van der Waals surface area contributed by atoms with Crippen molar-refractivity contribution in [2.75, 3.05) is 0 Å². The third-order valence-electron chi connectivity index (χ3n) is 0.886. The van der Waals surface area contributed by atoms with Crippen molar-refractivity contribution in [3.05, 3.63) is 11.9 Å².